The third kappa shape index (κ3) is 2.87. The van der Waals surface area contributed by atoms with E-state index in [0.29, 0.717) is 19.7 Å². The molecule has 0 unspecified atom stereocenters. The van der Waals surface area contributed by atoms with E-state index in [2.05, 4.69) is 0 Å². The first-order valence-corrected chi connectivity index (χ1v) is 8.60. The average molecular weight is 287 g/mol. The molecule has 1 aliphatic carbocycles. The highest BCUT2D eigenvalue weighted by molar-refractivity contribution is 7.86. The van der Waals surface area contributed by atoms with Crippen molar-refractivity contribution in [2.24, 2.45) is 0 Å². The van der Waals surface area contributed by atoms with Crippen molar-refractivity contribution in [3.8, 4) is 0 Å². The van der Waals surface area contributed by atoms with Gasteiger partial charge >= 0.3 is 0 Å². The van der Waals surface area contributed by atoms with E-state index < -0.39 is 16.4 Å². The number of rotatable bonds is 3. The summed E-state index contributed by atoms with van der Waals surface area (Å²) >= 11 is 0. The summed E-state index contributed by atoms with van der Waals surface area (Å²) in [6, 6.07) is 0. The summed E-state index contributed by atoms with van der Waals surface area (Å²) in [5.41, 5.74) is -0.590. The standard InChI is InChI=1S/C14H25NO3S/c1-4-18-14(7-5-6-8-14)13(16)15-9-11(2)19(17)12(3)10-15/h11-12H,4-10H2,1-3H3/t11-,12-/m0/s1. The van der Waals surface area contributed by atoms with Gasteiger partial charge in [-0.3, -0.25) is 9.00 Å². The van der Waals surface area contributed by atoms with Crippen LogP contribution >= 0.6 is 0 Å². The summed E-state index contributed by atoms with van der Waals surface area (Å²) in [7, 11) is -0.820. The molecule has 0 spiro atoms. The topological polar surface area (TPSA) is 46.6 Å². The Morgan fingerprint density at radius 3 is 2.26 bits per heavy atom. The SMILES string of the molecule is CCOC1(C(=O)N2C[C@H](C)S(=O)[C@@H](C)C2)CCCC1. The number of hydrogen-bond acceptors (Lipinski definition) is 3. The van der Waals surface area contributed by atoms with E-state index in [1.807, 2.05) is 25.7 Å². The quantitative estimate of drug-likeness (QED) is 0.794. The molecule has 1 saturated carbocycles. The highest BCUT2D eigenvalue weighted by Crippen LogP contribution is 2.35. The van der Waals surface area contributed by atoms with Crippen molar-refractivity contribution < 1.29 is 13.7 Å². The van der Waals surface area contributed by atoms with Gasteiger partial charge in [0, 0.05) is 41.0 Å². The molecule has 0 aromatic heterocycles. The fourth-order valence-corrected chi connectivity index (χ4v) is 4.78. The zero-order valence-corrected chi connectivity index (χ0v) is 13.0. The third-order valence-corrected chi connectivity index (χ3v) is 6.14. The lowest BCUT2D eigenvalue weighted by Crippen LogP contribution is -2.56. The maximum Gasteiger partial charge on any atom is 0.254 e. The van der Waals surface area contributed by atoms with Gasteiger partial charge in [-0.2, -0.15) is 0 Å². The zero-order chi connectivity index (χ0) is 14.0. The minimum atomic E-state index is -0.820. The second kappa shape index (κ2) is 5.92. The molecule has 0 bridgehead atoms. The second-order valence-electron chi connectivity index (χ2n) is 5.79. The number of carbonyl (C=O) groups excluding carboxylic acids is 1. The largest absolute Gasteiger partial charge is 0.365 e. The summed E-state index contributed by atoms with van der Waals surface area (Å²) in [4.78, 5) is 14.7. The minimum Gasteiger partial charge on any atom is -0.365 e. The van der Waals surface area contributed by atoms with E-state index in [-0.39, 0.29) is 16.4 Å². The molecular formula is C14H25NO3S. The average Bonchev–Trinajstić information content (AvgIpc) is 2.84. The van der Waals surface area contributed by atoms with Crippen LogP contribution < -0.4 is 0 Å². The van der Waals surface area contributed by atoms with Gasteiger partial charge in [-0.25, -0.2) is 0 Å². The van der Waals surface area contributed by atoms with Crippen molar-refractivity contribution in [3.05, 3.63) is 0 Å². The van der Waals surface area contributed by atoms with Crippen molar-refractivity contribution in [3.63, 3.8) is 0 Å². The van der Waals surface area contributed by atoms with Gasteiger partial charge in [-0.15, -0.1) is 0 Å². The molecule has 1 heterocycles. The maximum absolute atomic E-state index is 12.8. The first-order chi connectivity index (χ1) is 9.00. The van der Waals surface area contributed by atoms with E-state index in [9.17, 15) is 9.00 Å². The van der Waals surface area contributed by atoms with Crippen molar-refractivity contribution in [1.82, 2.24) is 4.90 Å². The fraction of sp³-hybridized carbons (Fsp3) is 0.929. The van der Waals surface area contributed by atoms with Crippen molar-refractivity contribution in [1.29, 1.82) is 0 Å². The molecule has 2 aliphatic rings. The first kappa shape index (κ1) is 15.0. The Bertz CT molecular complexity index is 352. The van der Waals surface area contributed by atoms with Crippen molar-refractivity contribution in [2.75, 3.05) is 19.7 Å². The van der Waals surface area contributed by atoms with Gasteiger partial charge in [0.1, 0.15) is 5.60 Å². The molecule has 2 fully saturated rings. The van der Waals surface area contributed by atoms with Crippen LogP contribution in [0, 0.1) is 0 Å². The first-order valence-electron chi connectivity index (χ1n) is 7.33. The Balaban J connectivity index is 2.12. The second-order valence-corrected chi connectivity index (χ2v) is 8.06. The van der Waals surface area contributed by atoms with Gasteiger partial charge in [0.2, 0.25) is 0 Å². The van der Waals surface area contributed by atoms with Crippen LogP contribution in [-0.4, -0.2) is 50.8 Å². The molecule has 0 radical (unpaired) electrons. The normalized spacial score (nSPS) is 31.6. The van der Waals surface area contributed by atoms with Gasteiger partial charge in [0.15, 0.2) is 0 Å². The Morgan fingerprint density at radius 1 is 1.26 bits per heavy atom. The lowest BCUT2D eigenvalue weighted by molar-refractivity contribution is -0.157. The van der Waals surface area contributed by atoms with Crippen molar-refractivity contribution in [2.45, 2.75) is 62.6 Å². The van der Waals surface area contributed by atoms with Gasteiger partial charge in [-0.1, -0.05) is 0 Å². The number of ether oxygens (including phenoxy) is 1. The Hall–Kier alpha value is -0.420. The molecule has 0 aromatic rings. The summed E-state index contributed by atoms with van der Waals surface area (Å²) in [6.07, 6.45) is 3.80. The number of hydrogen-bond donors (Lipinski definition) is 0. The Labute approximate surface area is 118 Å². The molecule has 110 valence electrons. The molecule has 1 saturated heterocycles. The lowest BCUT2D eigenvalue weighted by atomic mass is 9.99. The molecule has 1 aliphatic heterocycles. The minimum absolute atomic E-state index is 0.0628. The predicted octanol–water partition coefficient (Wildman–Crippen LogP) is 1.70. The molecule has 0 N–H and O–H groups in total. The van der Waals surface area contributed by atoms with E-state index in [1.54, 1.807) is 0 Å². The van der Waals surface area contributed by atoms with Crippen LogP contribution in [0.1, 0.15) is 46.5 Å². The van der Waals surface area contributed by atoms with Crippen LogP contribution in [-0.2, 0) is 20.3 Å². The Morgan fingerprint density at radius 2 is 1.79 bits per heavy atom. The van der Waals surface area contributed by atoms with E-state index in [4.69, 9.17) is 4.74 Å². The number of nitrogens with zero attached hydrogens (tertiary/aromatic N) is 1. The van der Waals surface area contributed by atoms with Crippen molar-refractivity contribution >= 4 is 16.7 Å². The molecule has 0 aromatic carbocycles. The lowest BCUT2D eigenvalue weighted by Gasteiger charge is -2.39. The summed E-state index contributed by atoms with van der Waals surface area (Å²) < 4.78 is 17.8. The van der Waals surface area contributed by atoms with Crippen LogP contribution in [0.2, 0.25) is 0 Å². The molecule has 5 heteroatoms. The smallest absolute Gasteiger partial charge is 0.254 e. The highest BCUT2D eigenvalue weighted by Gasteiger charge is 2.46. The summed E-state index contributed by atoms with van der Waals surface area (Å²) in [5, 5.41) is 0.126. The van der Waals surface area contributed by atoms with E-state index in [1.165, 1.54) is 0 Å². The molecular weight excluding hydrogens is 262 g/mol. The van der Waals surface area contributed by atoms with Crippen LogP contribution in [0.4, 0.5) is 0 Å². The molecule has 1 amide bonds. The summed E-state index contributed by atoms with van der Waals surface area (Å²) in [6.45, 7) is 7.66. The highest BCUT2D eigenvalue weighted by atomic mass is 32.2. The van der Waals surface area contributed by atoms with Crippen LogP contribution in [0.25, 0.3) is 0 Å². The third-order valence-electron chi connectivity index (χ3n) is 4.26. The van der Waals surface area contributed by atoms with E-state index >= 15 is 0 Å². The van der Waals surface area contributed by atoms with Gasteiger partial charge in [0.25, 0.3) is 5.91 Å². The zero-order valence-electron chi connectivity index (χ0n) is 12.2. The van der Waals surface area contributed by atoms with E-state index in [0.717, 1.165) is 25.7 Å². The Kier molecular flexibility index (Phi) is 4.66. The molecule has 4 nitrogen and oxygen atoms in total. The summed E-state index contributed by atoms with van der Waals surface area (Å²) in [5.74, 6) is 0.127. The van der Waals surface area contributed by atoms with Gasteiger partial charge < -0.3 is 9.64 Å². The predicted molar refractivity (Wildman–Crippen MR) is 76.5 cm³/mol. The van der Waals surface area contributed by atoms with Gasteiger partial charge in [0.05, 0.1) is 0 Å². The maximum atomic E-state index is 12.8. The van der Waals surface area contributed by atoms with Crippen LogP contribution in [0.3, 0.4) is 0 Å². The van der Waals surface area contributed by atoms with Crippen LogP contribution in [0.5, 0.6) is 0 Å². The fourth-order valence-electron chi connectivity index (χ4n) is 3.34. The molecule has 19 heavy (non-hydrogen) atoms. The number of amides is 1. The number of carbonyl (C=O) groups is 1. The monoisotopic (exact) mass is 287 g/mol. The molecule has 2 atom stereocenters. The van der Waals surface area contributed by atoms with Crippen LogP contribution in [0.15, 0.2) is 0 Å². The van der Waals surface area contributed by atoms with Gasteiger partial charge in [-0.05, 0) is 46.5 Å². The molecule has 2 rings (SSSR count).